The molecule has 1 saturated heterocycles. The molecule has 0 aromatic heterocycles. The smallest absolute Gasteiger partial charge is 0.416 e. The molecule has 1 aliphatic heterocycles. The molecule has 3 amide bonds. The number of hydrogen-bond donors (Lipinski definition) is 1. The molecule has 1 heterocycles. The first kappa shape index (κ1) is 17.8. The molecule has 136 valence electrons. The highest BCUT2D eigenvalue weighted by Gasteiger charge is 2.52. The van der Waals surface area contributed by atoms with Crippen molar-refractivity contribution in [3.63, 3.8) is 0 Å². The van der Waals surface area contributed by atoms with Crippen molar-refractivity contribution >= 4 is 23.3 Å². The zero-order chi connectivity index (χ0) is 19.3. The van der Waals surface area contributed by atoms with Crippen molar-refractivity contribution in [1.82, 2.24) is 0 Å². The third-order valence-corrected chi connectivity index (χ3v) is 4.21. The average molecular weight is 364 g/mol. The lowest BCUT2D eigenvalue weighted by Crippen LogP contribution is -2.44. The molecule has 0 aliphatic carbocycles. The topological polar surface area (TPSA) is 60.9 Å². The van der Waals surface area contributed by atoms with Gasteiger partial charge in [-0.25, -0.2) is 9.69 Å². The number of phenols is 1. The van der Waals surface area contributed by atoms with Crippen LogP contribution in [0.3, 0.4) is 0 Å². The van der Waals surface area contributed by atoms with Crippen molar-refractivity contribution in [2.45, 2.75) is 25.6 Å². The van der Waals surface area contributed by atoms with Gasteiger partial charge in [-0.1, -0.05) is 6.07 Å². The fourth-order valence-electron chi connectivity index (χ4n) is 2.88. The van der Waals surface area contributed by atoms with E-state index in [2.05, 4.69) is 0 Å². The van der Waals surface area contributed by atoms with E-state index < -0.39 is 29.2 Å². The Kier molecular flexibility index (Phi) is 3.94. The van der Waals surface area contributed by atoms with Gasteiger partial charge >= 0.3 is 12.2 Å². The highest BCUT2D eigenvalue weighted by molar-refractivity contribution is 6.30. The summed E-state index contributed by atoms with van der Waals surface area (Å²) in [5.74, 6) is -0.658. The van der Waals surface area contributed by atoms with E-state index in [0.29, 0.717) is 5.69 Å². The predicted octanol–water partition coefficient (Wildman–Crippen LogP) is 4.16. The Morgan fingerprint density at radius 3 is 2.15 bits per heavy atom. The van der Waals surface area contributed by atoms with Crippen molar-refractivity contribution in [2.24, 2.45) is 0 Å². The number of urea groups is 1. The van der Waals surface area contributed by atoms with Gasteiger partial charge in [0.25, 0.3) is 5.91 Å². The van der Waals surface area contributed by atoms with Crippen LogP contribution in [0.1, 0.15) is 19.4 Å². The number of alkyl halides is 3. The molecule has 0 atom stereocenters. The number of aromatic hydroxyl groups is 1. The Morgan fingerprint density at radius 1 is 0.962 bits per heavy atom. The molecule has 0 spiro atoms. The molecule has 1 aliphatic rings. The largest absolute Gasteiger partial charge is 0.508 e. The standard InChI is InChI=1S/C18H15F3N2O3/c1-17(2)15(25)22(13-5-3-4-11(10-13)18(19,20)21)16(26)23(17)12-6-8-14(24)9-7-12/h3-10,24H,1-2H3. The summed E-state index contributed by atoms with van der Waals surface area (Å²) >= 11 is 0. The average Bonchev–Trinajstić information content (AvgIpc) is 2.73. The number of nitrogens with zero attached hydrogens (tertiary/aromatic N) is 2. The van der Waals surface area contributed by atoms with Crippen LogP contribution in [0, 0.1) is 0 Å². The molecule has 1 fully saturated rings. The minimum absolute atomic E-state index is 0.0146. The van der Waals surface area contributed by atoms with E-state index >= 15 is 0 Å². The van der Waals surface area contributed by atoms with Gasteiger partial charge in [-0.3, -0.25) is 9.69 Å². The number of rotatable bonds is 2. The Morgan fingerprint density at radius 2 is 1.58 bits per heavy atom. The van der Waals surface area contributed by atoms with E-state index in [1.807, 2.05) is 0 Å². The van der Waals surface area contributed by atoms with E-state index in [9.17, 15) is 27.9 Å². The minimum Gasteiger partial charge on any atom is -0.508 e. The van der Waals surface area contributed by atoms with E-state index in [1.165, 1.54) is 49.1 Å². The SMILES string of the molecule is CC1(C)C(=O)N(c2cccc(C(F)(F)F)c2)C(=O)N1c1ccc(O)cc1. The molecule has 0 bridgehead atoms. The molecular formula is C18H15F3N2O3. The fraction of sp³-hybridized carbons (Fsp3) is 0.222. The molecular weight excluding hydrogens is 349 g/mol. The van der Waals surface area contributed by atoms with Gasteiger partial charge in [0.15, 0.2) is 0 Å². The van der Waals surface area contributed by atoms with Crippen LogP contribution in [-0.2, 0) is 11.0 Å². The lowest BCUT2D eigenvalue weighted by Gasteiger charge is -2.27. The summed E-state index contributed by atoms with van der Waals surface area (Å²) in [6.45, 7) is 3.02. The van der Waals surface area contributed by atoms with Crippen LogP contribution in [0.4, 0.5) is 29.3 Å². The van der Waals surface area contributed by atoms with Crippen molar-refractivity contribution in [1.29, 1.82) is 0 Å². The van der Waals surface area contributed by atoms with Crippen LogP contribution in [0.15, 0.2) is 48.5 Å². The summed E-state index contributed by atoms with van der Waals surface area (Å²) in [6.07, 6.45) is -4.59. The van der Waals surface area contributed by atoms with E-state index in [-0.39, 0.29) is 11.4 Å². The Bertz CT molecular complexity index is 876. The number of carbonyl (C=O) groups is 2. The van der Waals surface area contributed by atoms with E-state index in [4.69, 9.17) is 0 Å². The van der Waals surface area contributed by atoms with Crippen LogP contribution < -0.4 is 9.80 Å². The molecule has 5 nitrogen and oxygen atoms in total. The quantitative estimate of drug-likeness (QED) is 0.814. The fourth-order valence-corrected chi connectivity index (χ4v) is 2.88. The molecule has 8 heteroatoms. The summed E-state index contributed by atoms with van der Waals surface area (Å²) in [5.41, 5.74) is -2.05. The summed E-state index contributed by atoms with van der Waals surface area (Å²) in [7, 11) is 0. The van der Waals surface area contributed by atoms with E-state index in [0.717, 1.165) is 23.1 Å². The van der Waals surface area contributed by atoms with Crippen LogP contribution in [0.2, 0.25) is 0 Å². The molecule has 26 heavy (non-hydrogen) atoms. The Balaban J connectivity index is 2.06. The van der Waals surface area contributed by atoms with Gasteiger partial charge in [0, 0.05) is 5.69 Å². The van der Waals surface area contributed by atoms with Gasteiger partial charge in [0.1, 0.15) is 11.3 Å². The number of imide groups is 1. The summed E-state index contributed by atoms with van der Waals surface area (Å²) in [4.78, 5) is 27.6. The number of anilines is 2. The maximum atomic E-state index is 13.0. The number of benzene rings is 2. The molecule has 0 saturated carbocycles. The third kappa shape index (κ3) is 2.77. The second-order valence-electron chi connectivity index (χ2n) is 6.38. The zero-order valence-electron chi connectivity index (χ0n) is 13.9. The predicted molar refractivity (Wildman–Crippen MR) is 89.0 cm³/mol. The summed E-state index contributed by atoms with van der Waals surface area (Å²) < 4.78 is 38.9. The minimum atomic E-state index is -4.59. The first-order valence-corrected chi connectivity index (χ1v) is 7.68. The number of hydrogen-bond acceptors (Lipinski definition) is 3. The normalized spacial score (nSPS) is 17.1. The first-order chi connectivity index (χ1) is 12.0. The number of halogens is 3. The zero-order valence-corrected chi connectivity index (χ0v) is 13.9. The number of carbonyl (C=O) groups excluding carboxylic acids is 2. The van der Waals surface area contributed by atoms with Crippen LogP contribution in [0.5, 0.6) is 5.75 Å². The van der Waals surface area contributed by atoms with Crippen molar-refractivity contribution < 1.29 is 27.9 Å². The van der Waals surface area contributed by atoms with Gasteiger partial charge in [0.2, 0.25) is 0 Å². The van der Waals surface area contributed by atoms with Crippen molar-refractivity contribution in [3.8, 4) is 5.75 Å². The lowest BCUT2D eigenvalue weighted by atomic mass is 10.0. The maximum Gasteiger partial charge on any atom is 0.416 e. The van der Waals surface area contributed by atoms with Gasteiger partial charge < -0.3 is 5.11 Å². The highest BCUT2D eigenvalue weighted by atomic mass is 19.4. The highest BCUT2D eigenvalue weighted by Crippen LogP contribution is 2.38. The Hall–Kier alpha value is -3.03. The van der Waals surface area contributed by atoms with Crippen molar-refractivity contribution in [3.05, 3.63) is 54.1 Å². The molecule has 0 unspecified atom stereocenters. The Labute approximate surface area is 147 Å². The van der Waals surface area contributed by atoms with Crippen molar-refractivity contribution in [2.75, 3.05) is 9.80 Å². The van der Waals surface area contributed by atoms with Gasteiger partial charge in [-0.05, 0) is 56.3 Å². The molecule has 2 aromatic carbocycles. The van der Waals surface area contributed by atoms with Gasteiger partial charge in [-0.15, -0.1) is 0 Å². The number of amides is 3. The molecule has 0 radical (unpaired) electrons. The second-order valence-corrected chi connectivity index (χ2v) is 6.38. The monoisotopic (exact) mass is 364 g/mol. The van der Waals surface area contributed by atoms with Gasteiger partial charge in [-0.2, -0.15) is 13.2 Å². The maximum absolute atomic E-state index is 13.0. The van der Waals surface area contributed by atoms with Crippen LogP contribution in [-0.4, -0.2) is 22.6 Å². The van der Waals surface area contributed by atoms with Crippen LogP contribution >= 0.6 is 0 Å². The molecule has 1 N–H and O–H groups in total. The van der Waals surface area contributed by atoms with Crippen LogP contribution in [0.25, 0.3) is 0 Å². The second kappa shape index (κ2) is 5.76. The number of phenolic OH excluding ortho intramolecular Hbond substituents is 1. The van der Waals surface area contributed by atoms with E-state index in [1.54, 1.807) is 0 Å². The third-order valence-electron chi connectivity index (χ3n) is 4.21. The first-order valence-electron chi connectivity index (χ1n) is 7.68. The summed E-state index contributed by atoms with van der Waals surface area (Å²) in [5, 5.41) is 9.40. The molecule has 2 aromatic rings. The summed E-state index contributed by atoms with van der Waals surface area (Å²) in [6, 6.07) is 8.94. The van der Waals surface area contributed by atoms with Gasteiger partial charge in [0.05, 0.1) is 11.3 Å². The molecule has 3 rings (SSSR count). The lowest BCUT2D eigenvalue weighted by molar-refractivity contribution is -0.137.